The SMILES string of the molecule is CCCOc1ccc2ccccc2c1CN[C@H](Cc1c[nH]c2ccccc12)C(=O)O. The van der Waals surface area contributed by atoms with E-state index in [1.807, 2.05) is 54.7 Å². The van der Waals surface area contributed by atoms with Crippen LogP contribution in [0.3, 0.4) is 0 Å². The molecule has 0 radical (unpaired) electrons. The quantitative estimate of drug-likeness (QED) is 0.372. The van der Waals surface area contributed by atoms with Crippen LogP contribution in [0, 0.1) is 0 Å². The zero-order valence-corrected chi connectivity index (χ0v) is 17.0. The highest BCUT2D eigenvalue weighted by molar-refractivity contribution is 5.88. The van der Waals surface area contributed by atoms with E-state index in [0.717, 1.165) is 45.0 Å². The van der Waals surface area contributed by atoms with Gasteiger partial charge in [0, 0.05) is 35.6 Å². The Labute approximate surface area is 175 Å². The van der Waals surface area contributed by atoms with Crippen molar-refractivity contribution in [3.63, 3.8) is 0 Å². The molecule has 0 fully saturated rings. The molecule has 1 atom stereocenters. The first-order valence-electron chi connectivity index (χ1n) is 10.3. The van der Waals surface area contributed by atoms with Gasteiger partial charge in [-0.3, -0.25) is 10.1 Å². The van der Waals surface area contributed by atoms with Crippen molar-refractivity contribution in [2.24, 2.45) is 0 Å². The number of aromatic nitrogens is 1. The number of H-pyrrole nitrogens is 1. The maximum atomic E-state index is 12.0. The largest absolute Gasteiger partial charge is 0.493 e. The van der Waals surface area contributed by atoms with E-state index >= 15 is 0 Å². The minimum Gasteiger partial charge on any atom is -0.493 e. The number of carboxylic acid groups (broad SMARTS) is 1. The van der Waals surface area contributed by atoms with E-state index in [9.17, 15) is 9.90 Å². The Hall–Kier alpha value is -3.31. The molecule has 5 nitrogen and oxygen atoms in total. The Morgan fingerprint density at radius 1 is 1.07 bits per heavy atom. The predicted octanol–water partition coefficient (Wildman–Crippen LogP) is 4.90. The van der Waals surface area contributed by atoms with E-state index in [2.05, 4.69) is 29.4 Å². The third kappa shape index (κ3) is 4.16. The smallest absolute Gasteiger partial charge is 0.321 e. The average molecular weight is 402 g/mol. The van der Waals surface area contributed by atoms with Crippen LogP contribution in [0.2, 0.25) is 0 Å². The molecule has 1 aromatic heterocycles. The van der Waals surface area contributed by atoms with Gasteiger partial charge >= 0.3 is 5.97 Å². The maximum Gasteiger partial charge on any atom is 0.321 e. The van der Waals surface area contributed by atoms with Crippen LogP contribution >= 0.6 is 0 Å². The van der Waals surface area contributed by atoms with Gasteiger partial charge in [0.2, 0.25) is 0 Å². The van der Waals surface area contributed by atoms with Crippen LogP contribution in [0.5, 0.6) is 5.75 Å². The van der Waals surface area contributed by atoms with Crippen LogP contribution in [0.25, 0.3) is 21.7 Å². The average Bonchev–Trinajstić information content (AvgIpc) is 3.18. The lowest BCUT2D eigenvalue weighted by Crippen LogP contribution is -2.38. The lowest BCUT2D eigenvalue weighted by atomic mass is 10.0. The van der Waals surface area contributed by atoms with Gasteiger partial charge in [0.1, 0.15) is 11.8 Å². The van der Waals surface area contributed by atoms with Gasteiger partial charge in [-0.05, 0) is 34.9 Å². The van der Waals surface area contributed by atoms with E-state index in [1.165, 1.54) is 0 Å². The van der Waals surface area contributed by atoms with Crippen molar-refractivity contribution in [1.29, 1.82) is 0 Å². The van der Waals surface area contributed by atoms with Crippen LogP contribution in [-0.2, 0) is 17.8 Å². The number of fused-ring (bicyclic) bond motifs is 2. The lowest BCUT2D eigenvalue weighted by Gasteiger charge is -2.18. The molecule has 0 saturated carbocycles. The van der Waals surface area contributed by atoms with Crippen molar-refractivity contribution in [1.82, 2.24) is 10.3 Å². The summed E-state index contributed by atoms with van der Waals surface area (Å²) in [7, 11) is 0. The molecule has 0 bridgehead atoms. The van der Waals surface area contributed by atoms with Crippen LogP contribution in [0.1, 0.15) is 24.5 Å². The highest BCUT2D eigenvalue weighted by Gasteiger charge is 2.20. The van der Waals surface area contributed by atoms with Gasteiger partial charge in [-0.1, -0.05) is 55.5 Å². The molecule has 3 aromatic carbocycles. The van der Waals surface area contributed by atoms with Gasteiger partial charge in [0.15, 0.2) is 0 Å². The number of hydrogen-bond acceptors (Lipinski definition) is 3. The second-order valence-corrected chi connectivity index (χ2v) is 7.45. The van der Waals surface area contributed by atoms with Crippen LogP contribution in [-0.4, -0.2) is 28.7 Å². The second-order valence-electron chi connectivity index (χ2n) is 7.45. The van der Waals surface area contributed by atoms with E-state index in [-0.39, 0.29) is 0 Å². The number of nitrogens with one attached hydrogen (secondary N) is 2. The topological polar surface area (TPSA) is 74.3 Å². The Kier molecular flexibility index (Phi) is 6.00. The third-order valence-corrected chi connectivity index (χ3v) is 5.38. The number of rotatable bonds is 9. The molecule has 1 heterocycles. The van der Waals surface area contributed by atoms with Gasteiger partial charge in [-0.2, -0.15) is 0 Å². The van der Waals surface area contributed by atoms with Crippen LogP contribution < -0.4 is 10.1 Å². The summed E-state index contributed by atoms with van der Waals surface area (Å²) in [6, 6.07) is 19.4. The molecule has 0 aliphatic rings. The van der Waals surface area contributed by atoms with Crippen molar-refractivity contribution < 1.29 is 14.6 Å². The number of ether oxygens (including phenoxy) is 1. The third-order valence-electron chi connectivity index (χ3n) is 5.38. The van der Waals surface area contributed by atoms with Crippen molar-refractivity contribution in [2.45, 2.75) is 32.4 Å². The van der Waals surface area contributed by atoms with Crippen molar-refractivity contribution in [3.8, 4) is 5.75 Å². The standard InChI is InChI=1S/C25H26N2O3/c1-2-13-30-24-12-11-17-7-3-4-8-19(17)21(24)16-27-23(25(28)29)14-18-15-26-22-10-6-5-9-20(18)22/h3-12,15,23,26-27H,2,13-14,16H2,1H3,(H,28,29)/t23-/m1/s1. The van der Waals surface area contributed by atoms with Crippen molar-refractivity contribution in [3.05, 3.63) is 78.0 Å². The van der Waals surface area contributed by atoms with E-state index in [4.69, 9.17) is 4.74 Å². The summed E-state index contributed by atoms with van der Waals surface area (Å²) in [5.41, 5.74) is 3.00. The summed E-state index contributed by atoms with van der Waals surface area (Å²) in [6.45, 7) is 3.11. The fraction of sp³-hybridized carbons (Fsp3) is 0.240. The van der Waals surface area contributed by atoms with Gasteiger partial charge in [-0.15, -0.1) is 0 Å². The Morgan fingerprint density at radius 3 is 2.63 bits per heavy atom. The van der Waals surface area contributed by atoms with E-state index < -0.39 is 12.0 Å². The number of benzene rings is 3. The van der Waals surface area contributed by atoms with Gasteiger partial charge in [0.25, 0.3) is 0 Å². The molecule has 5 heteroatoms. The highest BCUT2D eigenvalue weighted by atomic mass is 16.5. The fourth-order valence-electron chi connectivity index (χ4n) is 3.84. The first-order valence-corrected chi connectivity index (χ1v) is 10.3. The summed E-state index contributed by atoms with van der Waals surface area (Å²) in [4.78, 5) is 15.2. The summed E-state index contributed by atoms with van der Waals surface area (Å²) in [5, 5.41) is 16.3. The molecular weight excluding hydrogens is 376 g/mol. The second kappa shape index (κ2) is 9.01. The summed E-state index contributed by atoms with van der Waals surface area (Å²) < 4.78 is 5.96. The number of aliphatic carboxylic acids is 1. The lowest BCUT2D eigenvalue weighted by molar-refractivity contribution is -0.139. The zero-order chi connectivity index (χ0) is 20.9. The Morgan fingerprint density at radius 2 is 1.83 bits per heavy atom. The van der Waals surface area contributed by atoms with Gasteiger partial charge in [-0.25, -0.2) is 0 Å². The Balaban J connectivity index is 1.59. The van der Waals surface area contributed by atoms with Crippen molar-refractivity contribution in [2.75, 3.05) is 6.61 Å². The summed E-state index contributed by atoms with van der Waals surface area (Å²) in [6.07, 6.45) is 3.21. The zero-order valence-electron chi connectivity index (χ0n) is 17.0. The first-order chi connectivity index (χ1) is 14.7. The van der Waals surface area contributed by atoms with Crippen LogP contribution in [0.15, 0.2) is 66.9 Å². The van der Waals surface area contributed by atoms with Gasteiger partial charge in [0.05, 0.1) is 6.61 Å². The molecule has 0 saturated heterocycles. The van der Waals surface area contributed by atoms with E-state index in [0.29, 0.717) is 19.6 Å². The minimum absolute atomic E-state index is 0.398. The highest BCUT2D eigenvalue weighted by Crippen LogP contribution is 2.28. The monoisotopic (exact) mass is 402 g/mol. The molecule has 0 aliphatic carbocycles. The molecule has 0 unspecified atom stereocenters. The molecule has 0 aliphatic heterocycles. The molecule has 154 valence electrons. The van der Waals surface area contributed by atoms with Crippen molar-refractivity contribution >= 4 is 27.6 Å². The van der Waals surface area contributed by atoms with Crippen LogP contribution in [0.4, 0.5) is 0 Å². The maximum absolute atomic E-state index is 12.0. The predicted molar refractivity (Wildman–Crippen MR) is 120 cm³/mol. The van der Waals surface area contributed by atoms with E-state index in [1.54, 1.807) is 0 Å². The first kappa shape index (κ1) is 20.0. The number of para-hydroxylation sites is 1. The summed E-state index contributed by atoms with van der Waals surface area (Å²) >= 11 is 0. The molecule has 30 heavy (non-hydrogen) atoms. The number of hydrogen-bond donors (Lipinski definition) is 3. The minimum atomic E-state index is -0.864. The molecular formula is C25H26N2O3. The normalized spacial score (nSPS) is 12.3. The van der Waals surface area contributed by atoms with Gasteiger partial charge < -0.3 is 14.8 Å². The fourth-order valence-corrected chi connectivity index (χ4v) is 3.84. The molecule has 4 rings (SSSR count). The molecule has 0 amide bonds. The number of aromatic amines is 1. The number of carboxylic acids is 1. The summed E-state index contributed by atoms with van der Waals surface area (Å²) in [5.74, 6) is -0.0594. The number of carbonyl (C=O) groups is 1. The molecule has 4 aromatic rings. The molecule has 3 N–H and O–H groups in total. The Bertz CT molecular complexity index is 1170. The molecule has 0 spiro atoms.